The quantitative estimate of drug-likeness (QED) is 0.839. The van der Waals surface area contributed by atoms with Gasteiger partial charge < -0.3 is 10.6 Å². The van der Waals surface area contributed by atoms with E-state index in [1.807, 2.05) is 12.1 Å². The Bertz CT molecular complexity index is 654. The maximum absolute atomic E-state index is 13.7. The van der Waals surface area contributed by atoms with E-state index in [1.165, 1.54) is 6.07 Å². The summed E-state index contributed by atoms with van der Waals surface area (Å²) in [5.74, 6) is -0.352. The maximum Gasteiger partial charge on any atom is 0.231 e. The van der Waals surface area contributed by atoms with E-state index < -0.39 is 0 Å². The molecule has 3 nitrogen and oxygen atoms in total. The van der Waals surface area contributed by atoms with E-state index in [0.717, 1.165) is 11.3 Å². The number of nitrogens with zero attached hydrogens (tertiary/aromatic N) is 1. The lowest BCUT2D eigenvalue weighted by atomic mass is 10.1. The van der Waals surface area contributed by atoms with Crippen LogP contribution in [0.4, 0.5) is 15.8 Å². The lowest BCUT2D eigenvalue weighted by molar-refractivity contribution is -0.117. The summed E-state index contributed by atoms with van der Waals surface area (Å²) in [7, 11) is 0. The van der Waals surface area contributed by atoms with Crippen LogP contribution in [0.2, 0.25) is 0 Å². The Morgan fingerprint density at radius 3 is 2.74 bits per heavy atom. The topological polar surface area (TPSA) is 46.3 Å². The molecular weight excluding hydrogens is 243 g/mol. The van der Waals surface area contributed by atoms with Gasteiger partial charge in [0.25, 0.3) is 0 Å². The summed E-state index contributed by atoms with van der Waals surface area (Å²) in [6, 6.07) is 11.9. The second kappa shape index (κ2) is 4.39. The molecule has 0 aromatic heterocycles. The smallest absolute Gasteiger partial charge is 0.231 e. The number of carbonyl (C=O) groups excluding carboxylic acids is 1. The fourth-order valence-corrected chi connectivity index (χ4v) is 2.43. The van der Waals surface area contributed by atoms with Crippen molar-refractivity contribution in [3.8, 4) is 0 Å². The highest BCUT2D eigenvalue weighted by atomic mass is 19.1. The van der Waals surface area contributed by atoms with Crippen LogP contribution in [0, 0.1) is 5.82 Å². The van der Waals surface area contributed by atoms with Crippen LogP contribution in [0.25, 0.3) is 0 Å². The Morgan fingerprint density at radius 1 is 1.16 bits per heavy atom. The number of halogens is 1. The molecular formula is C15H13FN2O. The van der Waals surface area contributed by atoms with Crippen LogP contribution in [-0.2, 0) is 17.8 Å². The molecule has 0 saturated carbocycles. The van der Waals surface area contributed by atoms with Gasteiger partial charge in [-0.05, 0) is 17.7 Å². The van der Waals surface area contributed by atoms with Crippen LogP contribution >= 0.6 is 0 Å². The Morgan fingerprint density at radius 2 is 1.95 bits per heavy atom. The molecule has 1 aliphatic rings. The van der Waals surface area contributed by atoms with E-state index >= 15 is 0 Å². The first kappa shape index (κ1) is 11.7. The minimum absolute atomic E-state index is 0.0452. The van der Waals surface area contributed by atoms with Crippen LogP contribution in [0.15, 0.2) is 42.5 Å². The number of nitrogens with two attached hydrogens (primary N) is 1. The third kappa shape index (κ3) is 1.95. The highest BCUT2D eigenvalue weighted by molar-refractivity contribution is 6.04. The van der Waals surface area contributed by atoms with Crippen molar-refractivity contribution in [2.24, 2.45) is 0 Å². The second-order valence-corrected chi connectivity index (χ2v) is 4.60. The van der Waals surface area contributed by atoms with Gasteiger partial charge in [0.05, 0.1) is 24.3 Å². The molecule has 0 spiro atoms. The first-order chi connectivity index (χ1) is 9.16. The summed E-state index contributed by atoms with van der Waals surface area (Å²) in [6.07, 6.45) is 0.328. The number of benzene rings is 2. The lowest BCUT2D eigenvalue weighted by Crippen LogP contribution is -2.27. The number of fused-ring (bicyclic) bond motifs is 1. The van der Waals surface area contributed by atoms with Crippen LogP contribution in [-0.4, -0.2) is 5.91 Å². The number of nitrogen functional groups attached to an aromatic ring is 1. The fraction of sp³-hybridized carbons (Fsp3) is 0.133. The van der Waals surface area contributed by atoms with Gasteiger partial charge in [-0.2, -0.15) is 0 Å². The van der Waals surface area contributed by atoms with Gasteiger partial charge in [-0.3, -0.25) is 4.79 Å². The van der Waals surface area contributed by atoms with Crippen molar-refractivity contribution in [3.05, 3.63) is 59.4 Å². The molecule has 2 aromatic rings. The molecule has 1 heterocycles. The normalized spacial score (nSPS) is 13.7. The summed E-state index contributed by atoms with van der Waals surface area (Å²) in [6.45, 7) is 0.215. The van der Waals surface area contributed by atoms with Crippen molar-refractivity contribution in [1.29, 1.82) is 0 Å². The number of para-hydroxylation sites is 1. The van der Waals surface area contributed by atoms with E-state index in [2.05, 4.69) is 0 Å². The molecule has 0 saturated heterocycles. The first-order valence-electron chi connectivity index (χ1n) is 6.08. The van der Waals surface area contributed by atoms with Gasteiger partial charge in [-0.1, -0.05) is 30.3 Å². The Kier molecular flexibility index (Phi) is 2.71. The zero-order valence-electron chi connectivity index (χ0n) is 10.3. The Hall–Kier alpha value is -2.36. The Balaban J connectivity index is 1.99. The second-order valence-electron chi connectivity index (χ2n) is 4.60. The number of anilines is 2. The van der Waals surface area contributed by atoms with Gasteiger partial charge in [-0.25, -0.2) is 4.39 Å². The van der Waals surface area contributed by atoms with Gasteiger partial charge in [0.2, 0.25) is 5.91 Å². The first-order valence-corrected chi connectivity index (χ1v) is 6.08. The summed E-state index contributed by atoms with van der Waals surface area (Å²) in [5, 5.41) is 0. The van der Waals surface area contributed by atoms with Gasteiger partial charge in [-0.15, -0.1) is 0 Å². The molecule has 96 valence electrons. The van der Waals surface area contributed by atoms with Crippen molar-refractivity contribution < 1.29 is 9.18 Å². The summed E-state index contributed by atoms with van der Waals surface area (Å²) < 4.78 is 13.7. The SMILES string of the molecule is Nc1cccc2c1N(Cc1ccccc1F)C(=O)C2. The summed E-state index contributed by atoms with van der Waals surface area (Å²) in [4.78, 5) is 13.6. The number of rotatable bonds is 2. The van der Waals surface area contributed by atoms with E-state index in [1.54, 1.807) is 29.2 Å². The van der Waals surface area contributed by atoms with Crippen LogP contribution in [0.1, 0.15) is 11.1 Å². The minimum atomic E-state index is -0.307. The predicted molar refractivity (Wildman–Crippen MR) is 72.1 cm³/mol. The molecule has 1 amide bonds. The predicted octanol–water partition coefficient (Wildman–Crippen LogP) is 2.50. The Labute approximate surface area is 110 Å². The zero-order valence-corrected chi connectivity index (χ0v) is 10.3. The molecule has 4 heteroatoms. The molecule has 2 N–H and O–H groups in total. The van der Waals surface area contributed by atoms with Crippen molar-refractivity contribution in [1.82, 2.24) is 0 Å². The van der Waals surface area contributed by atoms with E-state index in [9.17, 15) is 9.18 Å². The summed E-state index contributed by atoms with van der Waals surface area (Å²) >= 11 is 0. The van der Waals surface area contributed by atoms with Crippen molar-refractivity contribution >= 4 is 17.3 Å². The van der Waals surface area contributed by atoms with Gasteiger partial charge in [0, 0.05) is 5.56 Å². The molecule has 0 unspecified atom stereocenters. The van der Waals surface area contributed by atoms with E-state index in [0.29, 0.717) is 17.7 Å². The highest BCUT2D eigenvalue weighted by Crippen LogP contribution is 2.35. The molecule has 0 bridgehead atoms. The number of hydrogen-bond acceptors (Lipinski definition) is 2. The average Bonchev–Trinajstić information content (AvgIpc) is 2.70. The average molecular weight is 256 g/mol. The van der Waals surface area contributed by atoms with E-state index in [-0.39, 0.29) is 18.3 Å². The number of amides is 1. The zero-order chi connectivity index (χ0) is 13.4. The molecule has 1 aliphatic heterocycles. The molecule has 0 aliphatic carbocycles. The van der Waals surface area contributed by atoms with Crippen LogP contribution < -0.4 is 10.6 Å². The van der Waals surface area contributed by atoms with Crippen molar-refractivity contribution in [3.63, 3.8) is 0 Å². The summed E-state index contributed by atoms with van der Waals surface area (Å²) in [5.41, 5.74) is 8.60. The molecule has 0 fully saturated rings. The monoisotopic (exact) mass is 256 g/mol. The minimum Gasteiger partial charge on any atom is -0.397 e. The van der Waals surface area contributed by atoms with Crippen molar-refractivity contribution in [2.75, 3.05) is 10.6 Å². The van der Waals surface area contributed by atoms with Crippen LogP contribution in [0.5, 0.6) is 0 Å². The van der Waals surface area contributed by atoms with Gasteiger partial charge in [0.15, 0.2) is 0 Å². The third-order valence-electron chi connectivity index (χ3n) is 3.35. The molecule has 0 atom stereocenters. The van der Waals surface area contributed by atoms with Gasteiger partial charge >= 0.3 is 0 Å². The maximum atomic E-state index is 13.7. The number of hydrogen-bond donors (Lipinski definition) is 1. The van der Waals surface area contributed by atoms with Crippen molar-refractivity contribution in [2.45, 2.75) is 13.0 Å². The largest absolute Gasteiger partial charge is 0.397 e. The molecule has 0 radical (unpaired) electrons. The van der Waals surface area contributed by atoms with Gasteiger partial charge in [0.1, 0.15) is 5.82 Å². The highest BCUT2D eigenvalue weighted by Gasteiger charge is 2.29. The molecule has 3 rings (SSSR count). The third-order valence-corrected chi connectivity index (χ3v) is 3.35. The van der Waals surface area contributed by atoms with E-state index in [4.69, 9.17) is 5.73 Å². The molecule has 2 aromatic carbocycles. The number of carbonyl (C=O) groups is 1. The fourth-order valence-electron chi connectivity index (χ4n) is 2.43. The standard InChI is InChI=1S/C15H13FN2O/c16-12-6-2-1-4-11(12)9-18-14(19)8-10-5-3-7-13(17)15(10)18/h1-7H,8-9,17H2. The molecule has 19 heavy (non-hydrogen) atoms. The lowest BCUT2D eigenvalue weighted by Gasteiger charge is -2.19. The van der Waals surface area contributed by atoms with Crippen LogP contribution in [0.3, 0.4) is 0 Å².